The number of aliphatic hydroxyl groups excluding tert-OH is 2. The maximum absolute atomic E-state index is 13.2. The molecule has 13 heteroatoms. The molecule has 0 aliphatic heterocycles. The zero-order valence-corrected chi connectivity index (χ0v) is 19.1. The lowest BCUT2D eigenvalue weighted by molar-refractivity contribution is 0.105. The van der Waals surface area contributed by atoms with E-state index in [1.165, 1.54) is 6.07 Å². The van der Waals surface area contributed by atoms with Gasteiger partial charge in [-0.15, -0.1) is 0 Å². The maximum Gasteiger partial charge on any atom is 0.227 e. The molecule has 0 unspecified atom stereocenters. The van der Waals surface area contributed by atoms with E-state index in [4.69, 9.17) is 21.4 Å². The van der Waals surface area contributed by atoms with Crippen molar-refractivity contribution in [3.05, 3.63) is 40.9 Å². The number of nitrogens with one attached hydrogen (secondary N) is 4. The molecule has 11 nitrogen and oxygen atoms in total. The number of nitrogens with zero attached hydrogens (tertiary/aromatic N) is 4. The van der Waals surface area contributed by atoms with Gasteiger partial charge in [0.1, 0.15) is 10.8 Å². The third kappa shape index (κ3) is 6.88. The van der Waals surface area contributed by atoms with Crippen LogP contribution in [0.2, 0.25) is 5.02 Å². The van der Waals surface area contributed by atoms with Gasteiger partial charge >= 0.3 is 0 Å². The van der Waals surface area contributed by atoms with Gasteiger partial charge in [-0.25, -0.2) is 9.49 Å². The molecule has 0 saturated heterocycles. The molecule has 0 fully saturated rings. The Hall–Kier alpha value is -3.22. The summed E-state index contributed by atoms with van der Waals surface area (Å²) in [6.07, 6.45) is 0.0845. The van der Waals surface area contributed by atoms with E-state index in [0.29, 0.717) is 17.4 Å². The predicted octanol–water partition coefficient (Wildman–Crippen LogP) is 2.86. The number of rotatable bonds is 11. The summed E-state index contributed by atoms with van der Waals surface area (Å²) in [6, 6.07) is 4.17. The van der Waals surface area contributed by atoms with Crippen LogP contribution in [0.25, 0.3) is 0 Å². The van der Waals surface area contributed by atoms with Crippen molar-refractivity contribution < 1.29 is 19.3 Å². The topological polar surface area (TPSA) is 153 Å². The molecular formula is C20H26ClFN8O3. The molecule has 0 aliphatic rings. The van der Waals surface area contributed by atoms with E-state index in [2.05, 4.69) is 41.1 Å². The molecule has 6 N–H and O–H groups in total. The number of hydrogen-bond donors (Lipinski definition) is 6. The number of H-pyrrole nitrogens is 1. The fourth-order valence-corrected chi connectivity index (χ4v) is 2.90. The molecule has 0 amide bonds. The summed E-state index contributed by atoms with van der Waals surface area (Å²) in [4.78, 5) is 12.8. The van der Waals surface area contributed by atoms with Gasteiger partial charge in [0.2, 0.25) is 11.8 Å². The van der Waals surface area contributed by atoms with E-state index in [-0.39, 0.29) is 41.3 Å². The van der Waals surface area contributed by atoms with Crippen LogP contribution in [0.4, 0.5) is 27.8 Å². The molecular weight excluding hydrogens is 455 g/mol. The second kappa shape index (κ2) is 11.1. The highest BCUT2D eigenvalue weighted by Gasteiger charge is 2.17. The van der Waals surface area contributed by atoms with Gasteiger partial charge in [-0.2, -0.15) is 15.1 Å². The summed E-state index contributed by atoms with van der Waals surface area (Å²) in [7, 11) is 0. The molecule has 2 atom stereocenters. The van der Waals surface area contributed by atoms with Crippen molar-refractivity contribution in [2.75, 3.05) is 29.1 Å². The van der Waals surface area contributed by atoms with Crippen LogP contribution in [0, 0.1) is 5.82 Å². The molecule has 0 radical (unpaired) electrons. The molecule has 0 spiro atoms. The summed E-state index contributed by atoms with van der Waals surface area (Å²) in [5, 5.41) is 34.8. The van der Waals surface area contributed by atoms with Crippen molar-refractivity contribution in [3.63, 3.8) is 0 Å². The molecule has 3 heterocycles. The third-order valence-electron chi connectivity index (χ3n) is 4.27. The van der Waals surface area contributed by atoms with Crippen molar-refractivity contribution >= 4 is 35.0 Å². The van der Waals surface area contributed by atoms with Gasteiger partial charge in [-0.1, -0.05) is 11.6 Å². The van der Waals surface area contributed by atoms with Crippen LogP contribution in [-0.4, -0.2) is 60.7 Å². The average Bonchev–Trinajstić information content (AvgIpc) is 3.20. The Labute approximate surface area is 194 Å². The van der Waals surface area contributed by atoms with Crippen LogP contribution < -0.4 is 20.7 Å². The van der Waals surface area contributed by atoms with E-state index in [1.807, 2.05) is 20.8 Å². The first kappa shape index (κ1) is 24.4. The molecule has 0 aromatic carbocycles. The van der Waals surface area contributed by atoms with Gasteiger partial charge in [0, 0.05) is 12.6 Å². The second-order valence-corrected chi connectivity index (χ2v) is 7.83. The Morgan fingerprint density at radius 1 is 1.21 bits per heavy atom. The Kier molecular flexibility index (Phi) is 8.20. The maximum atomic E-state index is 13.2. The average molecular weight is 481 g/mol. The summed E-state index contributed by atoms with van der Waals surface area (Å²) in [6.45, 7) is 5.18. The fourth-order valence-electron chi connectivity index (χ4n) is 2.71. The number of aliphatic hydroxyl groups is 2. The van der Waals surface area contributed by atoms with Gasteiger partial charge in [0.25, 0.3) is 0 Å². The van der Waals surface area contributed by atoms with Crippen LogP contribution >= 0.6 is 11.6 Å². The number of halogens is 2. The number of pyridine rings is 1. The van der Waals surface area contributed by atoms with E-state index in [0.717, 1.165) is 6.20 Å². The Bertz CT molecular complexity index is 1050. The zero-order chi connectivity index (χ0) is 24.0. The van der Waals surface area contributed by atoms with Gasteiger partial charge in [-0.3, -0.25) is 4.98 Å². The summed E-state index contributed by atoms with van der Waals surface area (Å²) in [5.41, 5.74) is 0.581. The van der Waals surface area contributed by atoms with Gasteiger partial charge in [0.15, 0.2) is 17.5 Å². The standard InChI is InChI=1S/C20H26ClFN8O3/c1-10(2)33-16-6-15(29-30-16)26-19-17(21)18(24-8-13(32)9-31)27-20(28-19)25-11(3)14-5-4-12(22)7-23-14/h4-7,10-11,13,31-32H,8-9H2,1-3H3,(H4,24,25,26,27,28,29,30)/t11-,13+/m0/s1. The minimum Gasteiger partial charge on any atom is -0.475 e. The molecule has 3 aromatic rings. The second-order valence-electron chi connectivity index (χ2n) is 7.45. The van der Waals surface area contributed by atoms with Gasteiger partial charge in [-0.05, 0) is 32.9 Å². The van der Waals surface area contributed by atoms with Gasteiger partial charge < -0.3 is 30.9 Å². The molecule has 178 valence electrons. The quantitative estimate of drug-likeness (QED) is 0.241. The summed E-state index contributed by atoms with van der Waals surface area (Å²) in [5.74, 6) is 1.09. The normalized spacial score (nSPS) is 13.0. The van der Waals surface area contributed by atoms with Crippen molar-refractivity contribution in [2.24, 2.45) is 0 Å². The minimum atomic E-state index is -1.01. The monoisotopic (exact) mass is 480 g/mol. The van der Waals surface area contributed by atoms with Crippen LogP contribution in [-0.2, 0) is 0 Å². The minimum absolute atomic E-state index is 0.00989. The first-order valence-electron chi connectivity index (χ1n) is 10.2. The molecule has 0 saturated carbocycles. The van der Waals surface area contributed by atoms with E-state index in [1.54, 1.807) is 12.1 Å². The highest BCUT2D eigenvalue weighted by Crippen LogP contribution is 2.32. The molecule has 3 aromatic heterocycles. The number of hydrogen-bond acceptors (Lipinski definition) is 10. The van der Waals surface area contributed by atoms with Crippen LogP contribution in [0.15, 0.2) is 24.4 Å². The largest absolute Gasteiger partial charge is 0.475 e. The lowest BCUT2D eigenvalue weighted by Crippen LogP contribution is -2.24. The van der Waals surface area contributed by atoms with Crippen molar-refractivity contribution in [2.45, 2.75) is 39.0 Å². The molecule has 0 aliphatic carbocycles. The Balaban J connectivity index is 1.86. The highest BCUT2D eigenvalue weighted by atomic mass is 35.5. The number of ether oxygens (including phenoxy) is 1. The zero-order valence-electron chi connectivity index (χ0n) is 18.3. The Morgan fingerprint density at radius 3 is 2.64 bits per heavy atom. The van der Waals surface area contributed by atoms with Crippen molar-refractivity contribution in [1.82, 2.24) is 25.1 Å². The van der Waals surface area contributed by atoms with E-state index >= 15 is 0 Å². The Morgan fingerprint density at radius 2 is 1.97 bits per heavy atom. The van der Waals surface area contributed by atoms with Crippen LogP contribution in [0.1, 0.15) is 32.5 Å². The predicted molar refractivity (Wildman–Crippen MR) is 122 cm³/mol. The number of anilines is 4. The lowest BCUT2D eigenvalue weighted by atomic mass is 10.2. The number of aromatic nitrogens is 5. The first-order chi connectivity index (χ1) is 15.7. The van der Waals surface area contributed by atoms with E-state index in [9.17, 15) is 9.50 Å². The van der Waals surface area contributed by atoms with Crippen LogP contribution in [0.5, 0.6) is 5.88 Å². The number of aromatic amines is 1. The SMILES string of the molecule is CC(C)Oc1cc(Nc2nc(N[C@@H](C)c3ccc(F)cn3)nc(NC[C@@H](O)CO)c2Cl)n[nH]1. The van der Waals surface area contributed by atoms with Gasteiger partial charge in [0.05, 0.1) is 36.7 Å². The highest BCUT2D eigenvalue weighted by molar-refractivity contribution is 6.35. The summed E-state index contributed by atoms with van der Waals surface area (Å²) < 4.78 is 18.8. The van der Waals surface area contributed by atoms with Crippen molar-refractivity contribution in [3.8, 4) is 5.88 Å². The van der Waals surface area contributed by atoms with Crippen LogP contribution in [0.3, 0.4) is 0 Å². The third-order valence-corrected chi connectivity index (χ3v) is 4.63. The molecule has 0 bridgehead atoms. The fraction of sp³-hybridized carbons (Fsp3) is 0.400. The lowest BCUT2D eigenvalue weighted by Gasteiger charge is -2.17. The first-order valence-corrected chi connectivity index (χ1v) is 10.6. The summed E-state index contributed by atoms with van der Waals surface area (Å²) >= 11 is 6.47. The van der Waals surface area contributed by atoms with Crippen molar-refractivity contribution in [1.29, 1.82) is 0 Å². The molecule has 3 rings (SSSR count). The van der Waals surface area contributed by atoms with E-state index < -0.39 is 18.5 Å². The smallest absolute Gasteiger partial charge is 0.227 e. The molecule has 33 heavy (non-hydrogen) atoms.